The lowest BCUT2D eigenvalue weighted by atomic mass is 9.82. The van der Waals surface area contributed by atoms with Gasteiger partial charge in [-0.2, -0.15) is 0 Å². The molecule has 1 aromatic heterocycles. The summed E-state index contributed by atoms with van der Waals surface area (Å²) >= 11 is 0. The molecule has 2 atom stereocenters. The molecule has 2 heterocycles. The Morgan fingerprint density at radius 2 is 1.89 bits per heavy atom. The second-order valence-corrected chi connectivity index (χ2v) is 6.86. The molecule has 0 radical (unpaired) electrons. The number of alkyl halides is 2. The maximum absolute atomic E-state index is 13.6. The van der Waals surface area contributed by atoms with Gasteiger partial charge in [-0.1, -0.05) is 17.9 Å². The Labute approximate surface area is 157 Å². The average Bonchev–Trinajstić information content (AvgIpc) is 3.02. The van der Waals surface area contributed by atoms with Gasteiger partial charge < -0.3 is 10.1 Å². The maximum atomic E-state index is 13.6. The van der Waals surface area contributed by atoms with Crippen LogP contribution < -0.4 is 5.32 Å². The van der Waals surface area contributed by atoms with Gasteiger partial charge in [-0.15, -0.1) is 0 Å². The molecule has 0 unspecified atom stereocenters. The molecular formula is C20H14F4N2O2. The van der Waals surface area contributed by atoms with E-state index >= 15 is 0 Å². The van der Waals surface area contributed by atoms with Gasteiger partial charge in [-0.3, -0.25) is 4.98 Å². The first kappa shape index (κ1) is 18.3. The molecule has 1 saturated heterocycles. The van der Waals surface area contributed by atoms with E-state index in [9.17, 15) is 22.4 Å². The molecule has 144 valence electrons. The van der Waals surface area contributed by atoms with Gasteiger partial charge in [0.2, 0.25) is 0 Å². The van der Waals surface area contributed by atoms with Crippen LogP contribution in [-0.2, 0) is 4.74 Å². The molecule has 1 aromatic carbocycles. The van der Waals surface area contributed by atoms with Gasteiger partial charge in [0, 0.05) is 36.7 Å². The van der Waals surface area contributed by atoms with Crippen LogP contribution >= 0.6 is 0 Å². The van der Waals surface area contributed by atoms with Gasteiger partial charge in [0.1, 0.15) is 6.04 Å². The van der Waals surface area contributed by atoms with Crippen molar-refractivity contribution in [3.63, 3.8) is 0 Å². The Balaban J connectivity index is 1.58. The largest absolute Gasteiger partial charge is 0.439 e. The van der Waals surface area contributed by atoms with Crippen LogP contribution in [0.5, 0.6) is 0 Å². The summed E-state index contributed by atoms with van der Waals surface area (Å²) in [6.07, 6.45) is 0.897. The van der Waals surface area contributed by atoms with Crippen molar-refractivity contribution in [3.8, 4) is 11.8 Å². The predicted molar refractivity (Wildman–Crippen MR) is 90.2 cm³/mol. The molecule has 1 saturated carbocycles. The molecule has 1 aliphatic heterocycles. The summed E-state index contributed by atoms with van der Waals surface area (Å²) in [5.74, 6) is 0.573. The number of hydrogen-bond acceptors (Lipinski definition) is 3. The smallest absolute Gasteiger partial charge is 0.408 e. The highest BCUT2D eigenvalue weighted by molar-refractivity contribution is 5.71. The van der Waals surface area contributed by atoms with Crippen molar-refractivity contribution in [2.45, 2.75) is 30.9 Å². The highest BCUT2D eigenvalue weighted by Gasteiger charge is 2.44. The van der Waals surface area contributed by atoms with Crippen molar-refractivity contribution in [1.29, 1.82) is 0 Å². The fourth-order valence-corrected chi connectivity index (χ4v) is 3.27. The average molecular weight is 390 g/mol. The van der Waals surface area contributed by atoms with Gasteiger partial charge in [0.15, 0.2) is 17.7 Å². The fraction of sp³-hybridized carbons (Fsp3) is 0.300. The monoisotopic (exact) mass is 390 g/mol. The van der Waals surface area contributed by atoms with Crippen LogP contribution in [0.1, 0.15) is 41.7 Å². The summed E-state index contributed by atoms with van der Waals surface area (Å²) < 4.78 is 57.8. The molecule has 0 spiro atoms. The van der Waals surface area contributed by atoms with E-state index in [1.165, 1.54) is 18.5 Å². The van der Waals surface area contributed by atoms with Gasteiger partial charge in [0.05, 0.1) is 0 Å². The molecule has 2 aromatic rings. The summed E-state index contributed by atoms with van der Waals surface area (Å²) in [5, 5.41) is 2.61. The van der Waals surface area contributed by atoms with Crippen LogP contribution in [0.2, 0.25) is 0 Å². The Morgan fingerprint density at radius 3 is 2.61 bits per heavy atom. The zero-order valence-corrected chi connectivity index (χ0v) is 14.4. The molecule has 0 bridgehead atoms. The highest BCUT2D eigenvalue weighted by atomic mass is 19.3. The molecular weight excluding hydrogens is 376 g/mol. The number of nitrogens with zero attached hydrogens (tertiary/aromatic N) is 1. The van der Waals surface area contributed by atoms with Gasteiger partial charge >= 0.3 is 6.09 Å². The lowest BCUT2D eigenvalue weighted by Crippen LogP contribution is -2.34. The first-order valence-electron chi connectivity index (χ1n) is 8.57. The zero-order valence-electron chi connectivity index (χ0n) is 14.4. The zero-order chi connectivity index (χ0) is 19.9. The number of halogens is 4. The molecule has 4 nitrogen and oxygen atoms in total. The topological polar surface area (TPSA) is 51.2 Å². The highest BCUT2D eigenvalue weighted by Crippen LogP contribution is 2.42. The second kappa shape index (κ2) is 6.82. The SMILES string of the molecule is O=C1N[C@H](c2cncc(C#CC3CC(F)(F)C3)c2)[C@@H](c2ccc(F)c(F)c2)O1. The quantitative estimate of drug-likeness (QED) is 0.615. The minimum atomic E-state index is -2.64. The number of cyclic esters (lactones) is 1. The van der Waals surface area contributed by atoms with E-state index in [1.807, 2.05) is 0 Å². The first-order valence-corrected chi connectivity index (χ1v) is 8.57. The molecule has 1 N–H and O–H groups in total. The van der Waals surface area contributed by atoms with Crippen molar-refractivity contribution in [3.05, 3.63) is 65.0 Å². The number of alkyl carbamates (subject to hydrolysis) is 1. The summed E-state index contributed by atoms with van der Waals surface area (Å²) in [5.41, 5.74) is 1.33. The van der Waals surface area contributed by atoms with Crippen LogP contribution in [0.15, 0.2) is 36.7 Å². The Morgan fingerprint density at radius 1 is 1.11 bits per heavy atom. The molecule has 8 heteroatoms. The van der Waals surface area contributed by atoms with Crippen molar-refractivity contribution in [1.82, 2.24) is 10.3 Å². The second-order valence-electron chi connectivity index (χ2n) is 6.86. The fourth-order valence-electron chi connectivity index (χ4n) is 3.27. The number of aromatic nitrogens is 1. The van der Waals surface area contributed by atoms with Crippen molar-refractivity contribution < 1.29 is 27.1 Å². The number of hydrogen-bond donors (Lipinski definition) is 1. The van der Waals surface area contributed by atoms with Crippen LogP contribution in [0.25, 0.3) is 0 Å². The number of pyridine rings is 1. The summed E-state index contributed by atoms with van der Waals surface area (Å²) in [7, 11) is 0. The number of ether oxygens (including phenoxy) is 1. The Bertz CT molecular complexity index is 991. The predicted octanol–water partition coefficient (Wildman–Crippen LogP) is 4.28. The number of nitrogens with one attached hydrogen (secondary N) is 1. The van der Waals surface area contributed by atoms with E-state index in [4.69, 9.17) is 4.74 Å². The summed E-state index contributed by atoms with van der Waals surface area (Å²) in [6.45, 7) is 0. The van der Waals surface area contributed by atoms with Crippen LogP contribution in [0.4, 0.5) is 22.4 Å². The van der Waals surface area contributed by atoms with E-state index in [-0.39, 0.29) is 24.3 Å². The third kappa shape index (κ3) is 3.65. The Kier molecular flexibility index (Phi) is 4.46. The number of carbonyl (C=O) groups excluding carboxylic acids is 1. The van der Waals surface area contributed by atoms with Gasteiger partial charge in [-0.05, 0) is 29.3 Å². The van der Waals surface area contributed by atoms with Crippen molar-refractivity contribution in [2.75, 3.05) is 0 Å². The molecule has 4 rings (SSSR count). The van der Waals surface area contributed by atoms with E-state index in [0.717, 1.165) is 12.1 Å². The standard InChI is InChI=1S/C20H14F4N2O2/c21-15-4-3-13(6-16(15)22)18-17(26-19(27)28-18)14-5-11(9-25-10-14)1-2-12-7-20(23,24)8-12/h3-6,9-10,12,17-18H,7-8H2,(H,26,27)/t17-,18-/m1/s1. The van der Waals surface area contributed by atoms with E-state index in [2.05, 4.69) is 22.1 Å². The Hall–Kier alpha value is -3.08. The lowest BCUT2D eigenvalue weighted by molar-refractivity contribution is -0.0936. The number of amides is 1. The van der Waals surface area contributed by atoms with Crippen molar-refractivity contribution >= 4 is 6.09 Å². The van der Waals surface area contributed by atoms with E-state index in [0.29, 0.717) is 11.1 Å². The van der Waals surface area contributed by atoms with Crippen LogP contribution in [0.3, 0.4) is 0 Å². The molecule has 1 amide bonds. The third-order valence-electron chi connectivity index (χ3n) is 4.71. The summed E-state index contributed by atoms with van der Waals surface area (Å²) in [6, 6.07) is 4.25. The molecule has 2 aliphatic rings. The van der Waals surface area contributed by atoms with Crippen LogP contribution in [-0.4, -0.2) is 17.0 Å². The first-order chi connectivity index (χ1) is 13.3. The number of benzene rings is 1. The minimum Gasteiger partial charge on any atom is -0.439 e. The maximum Gasteiger partial charge on any atom is 0.408 e. The third-order valence-corrected chi connectivity index (χ3v) is 4.71. The van der Waals surface area contributed by atoms with E-state index in [1.54, 1.807) is 6.07 Å². The normalized spacial score (nSPS) is 23.2. The molecule has 28 heavy (non-hydrogen) atoms. The summed E-state index contributed by atoms with van der Waals surface area (Å²) in [4.78, 5) is 15.8. The molecule has 1 aliphatic carbocycles. The number of carbonyl (C=O) groups is 1. The number of rotatable bonds is 2. The van der Waals surface area contributed by atoms with Crippen LogP contribution in [0, 0.1) is 29.4 Å². The van der Waals surface area contributed by atoms with Crippen molar-refractivity contribution in [2.24, 2.45) is 5.92 Å². The van der Waals surface area contributed by atoms with Gasteiger partial charge in [-0.25, -0.2) is 22.4 Å². The lowest BCUT2D eigenvalue weighted by Gasteiger charge is -2.31. The minimum absolute atomic E-state index is 0.252. The van der Waals surface area contributed by atoms with Gasteiger partial charge in [0.25, 0.3) is 5.92 Å². The molecule has 2 fully saturated rings. The van der Waals surface area contributed by atoms with E-state index < -0.39 is 35.8 Å².